The summed E-state index contributed by atoms with van der Waals surface area (Å²) < 4.78 is 0. The molecule has 1 N–H and O–H groups in total. The highest BCUT2D eigenvalue weighted by atomic mass is 32.1. The highest BCUT2D eigenvalue weighted by Crippen LogP contribution is 2.32. The minimum Gasteiger partial charge on any atom is -0.310 e. The first-order chi connectivity index (χ1) is 8.34. The van der Waals surface area contributed by atoms with Gasteiger partial charge in [-0.05, 0) is 41.8 Å². The van der Waals surface area contributed by atoms with Crippen LogP contribution in [0.4, 0.5) is 0 Å². The summed E-state index contributed by atoms with van der Waals surface area (Å²) in [4.78, 5) is 1.41. The van der Waals surface area contributed by atoms with Crippen molar-refractivity contribution in [3.63, 3.8) is 0 Å². The van der Waals surface area contributed by atoms with Gasteiger partial charge < -0.3 is 5.32 Å². The Hall–Kier alpha value is -1.12. The minimum absolute atomic E-state index is 0.787. The second kappa shape index (κ2) is 4.63. The fourth-order valence-electron chi connectivity index (χ4n) is 2.04. The summed E-state index contributed by atoms with van der Waals surface area (Å²) in [5.41, 5.74) is 4.24. The third kappa shape index (κ3) is 2.43. The zero-order valence-electron chi connectivity index (χ0n) is 10.1. The Morgan fingerprint density at radius 3 is 2.71 bits per heavy atom. The van der Waals surface area contributed by atoms with Crippen LogP contribution in [0.15, 0.2) is 35.7 Å². The Bertz CT molecular complexity index is 497. The molecule has 0 bridgehead atoms. The Morgan fingerprint density at radius 1 is 1.24 bits per heavy atom. The summed E-state index contributed by atoms with van der Waals surface area (Å²) in [6, 6.07) is 11.5. The van der Waals surface area contributed by atoms with E-state index in [-0.39, 0.29) is 0 Å². The van der Waals surface area contributed by atoms with Gasteiger partial charge >= 0.3 is 0 Å². The van der Waals surface area contributed by atoms with Crippen LogP contribution >= 0.6 is 11.3 Å². The van der Waals surface area contributed by atoms with Crippen LogP contribution in [0.25, 0.3) is 10.4 Å². The number of hydrogen-bond donors (Lipinski definition) is 1. The molecule has 17 heavy (non-hydrogen) atoms. The fraction of sp³-hybridized carbons (Fsp3) is 0.333. The maximum Gasteiger partial charge on any atom is 0.0375 e. The van der Waals surface area contributed by atoms with Gasteiger partial charge in [-0.2, -0.15) is 0 Å². The van der Waals surface area contributed by atoms with Crippen LogP contribution < -0.4 is 5.32 Å². The largest absolute Gasteiger partial charge is 0.310 e. The van der Waals surface area contributed by atoms with Crippen molar-refractivity contribution < 1.29 is 0 Å². The lowest BCUT2D eigenvalue weighted by Crippen LogP contribution is -2.15. The molecule has 0 aliphatic heterocycles. The quantitative estimate of drug-likeness (QED) is 0.856. The molecule has 0 radical (unpaired) electrons. The Morgan fingerprint density at radius 2 is 2.00 bits per heavy atom. The van der Waals surface area contributed by atoms with Gasteiger partial charge in [-0.1, -0.05) is 30.3 Å². The third-order valence-electron chi connectivity index (χ3n) is 3.34. The first-order valence-electron chi connectivity index (χ1n) is 6.20. The molecule has 0 spiro atoms. The van der Waals surface area contributed by atoms with E-state index < -0.39 is 0 Å². The molecule has 1 saturated carbocycles. The van der Waals surface area contributed by atoms with Crippen molar-refractivity contribution in [1.82, 2.24) is 5.32 Å². The maximum absolute atomic E-state index is 3.59. The van der Waals surface area contributed by atoms with Gasteiger partial charge in [0.25, 0.3) is 0 Å². The van der Waals surface area contributed by atoms with E-state index >= 15 is 0 Å². The SMILES string of the molecule is Cc1c(CNC2CC2)csc1-c1ccccc1. The lowest BCUT2D eigenvalue weighted by Gasteiger charge is -2.04. The number of nitrogens with one attached hydrogen (secondary N) is 1. The van der Waals surface area contributed by atoms with E-state index in [9.17, 15) is 0 Å². The predicted molar refractivity (Wildman–Crippen MR) is 74.4 cm³/mol. The molecule has 1 nitrogen and oxygen atoms in total. The van der Waals surface area contributed by atoms with Gasteiger partial charge in [-0.15, -0.1) is 11.3 Å². The van der Waals surface area contributed by atoms with E-state index in [1.54, 1.807) is 0 Å². The second-order valence-corrected chi connectivity index (χ2v) is 5.62. The van der Waals surface area contributed by atoms with Gasteiger partial charge in [0.1, 0.15) is 0 Å². The first kappa shape index (κ1) is 11.0. The first-order valence-corrected chi connectivity index (χ1v) is 7.08. The zero-order chi connectivity index (χ0) is 11.7. The molecule has 0 amide bonds. The molecule has 3 rings (SSSR count). The molecule has 2 aromatic rings. The van der Waals surface area contributed by atoms with Crippen LogP contribution in [0.5, 0.6) is 0 Å². The van der Waals surface area contributed by atoms with E-state index in [2.05, 4.69) is 48.0 Å². The summed E-state index contributed by atoms with van der Waals surface area (Å²) in [6.45, 7) is 3.27. The number of benzene rings is 1. The molecular formula is C15H17NS. The summed E-state index contributed by atoms with van der Waals surface area (Å²) in [7, 11) is 0. The van der Waals surface area contributed by atoms with Crippen LogP contribution in [-0.2, 0) is 6.54 Å². The Balaban J connectivity index is 1.81. The van der Waals surface area contributed by atoms with E-state index in [1.165, 1.54) is 34.4 Å². The van der Waals surface area contributed by atoms with Crippen molar-refractivity contribution in [2.24, 2.45) is 0 Å². The topological polar surface area (TPSA) is 12.0 Å². The van der Waals surface area contributed by atoms with Crippen molar-refractivity contribution in [3.8, 4) is 10.4 Å². The summed E-state index contributed by atoms with van der Waals surface area (Å²) >= 11 is 1.86. The normalized spacial score (nSPS) is 15.1. The van der Waals surface area contributed by atoms with Crippen molar-refractivity contribution in [2.45, 2.75) is 32.4 Å². The molecule has 1 aromatic heterocycles. The van der Waals surface area contributed by atoms with E-state index in [0.717, 1.165) is 12.6 Å². The van der Waals surface area contributed by atoms with Crippen molar-refractivity contribution in [3.05, 3.63) is 46.8 Å². The van der Waals surface area contributed by atoms with Gasteiger partial charge in [0, 0.05) is 17.5 Å². The van der Waals surface area contributed by atoms with Gasteiger partial charge in [0.05, 0.1) is 0 Å². The molecule has 88 valence electrons. The van der Waals surface area contributed by atoms with E-state index in [0.29, 0.717) is 0 Å². The molecule has 0 saturated heterocycles. The summed E-state index contributed by atoms with van der Waals surface area (Å²) in [5.74, 6) is 0. The number of thiophene rings is 1. The van der Waals surface area contributed by atoms with Gasteiger partial charge in [0.2, 0.25) is 0 Å². The fourth-order valence-corrected chi connectivity index (χ4v) is 3.14. The van der Waals surface area contributed by atoms with Crippen molar-refractivity contribution in [2.75, 3.05) is 0 Å². The van der Waals surface area contributed by atoms with Crippen LogP contribution in [0, 0.1) is 6.92 Å². The Kier molecular flexibility index (Phi) is 3.00. The molecule has 0 unspecified atom stereocenters. The molecule has 1 fully saturated rings. The van der Waals surface area contributed by atoms with Crippen molar-refractivity contribution in [1.29, 1.82) is 0 Å². The van der Waals surface area contributed by atoms with E-state index in [1.807, 2.05) is 11.3 Å². The third-order valence-corrected chi connectivity index (χ3v) is 4.52. The van der Waals surface area contributed by atoms with Crippen LogP contribution in [0.3, 0.4) is 0 Å². The summed E-state index contributed by atoms with van der Waals surface area (Å²) in [5, 5.41) is 5.88. The molecule has 0 atom stereocenters. The molecular weight excluding hydrogens is 226 g/mol. The highest BCUT2D eigenvalue weighted by molar-refractivity contribution is 7.14. The lowest BCUT2D eigenvalue weighted by molar-refractivity contribution is 0.687. The van der Waals surface area contributed by atoms with Crippen LogP contribution in [-0.4, -0.2) is 6.04 Å². The summed E-state index contributed by atoms with van der Waals surface area (Å²) in [6.07, 6.45) is 2.71. The highest BCUT2D eigenvalue weighted by Gasteiger charge is 2.20. The Labute approximate surface area is 106 Å². The average Bonchev–Trinajstić information content (AvgIpc) is 3.12. The van der Waals surface area contributed by atoms with E-state index in [4.69, 9.17) is 0 Å². The number of hydrogen-bond acceptors (Lipinski definition) is 2. The minimum atomic E-state index is 0.787. The maximum atomic E-state index is 3.59. The lowest BCUT2D eigenvalue weighted by atomic mass is 10.1. The number of rotatable bonds is 4. The standard InChI is InChI=1S/C15H17NS/c1-11-13(9-16-14-7-8-14)10-17-15(11)12-5-3-2-4-6-12/h2-6,10,14,16H,7-9H2,1H3. The zero-order valence-corrected chi connectivity index (χ0v) is 10.9. The van der Waals surface area contributed by atoms with Crippen LogP contribution in [0.1, 0.15) is 24.0 Å². The predicted octanol–water partition coefficient (Wildman–Crippen LogP) is 3.98. The molecule has 1 aliphatic rings. The molecule has 2 heteroatoms. The molecule has 1 heterocycles. The van der Waals surface area contributed by atoms with Crippen LogP contribution in [0.2, 0.25) is 0 Å². The smallest absolute Gasteiger partial charge is 0.0375 e. The molecule has 1 aromatic carbocycles. The monoisotopic (exact) mass is 243 g/mol. The van der Waals surface area contributed by atoms with Gasteiger partial charge in [0.15, 0.2) is 0 Å². The van der Waals surface area contributed by atoms with Crippen molar-refractivity contribution >= 4 is 11.3 Å². The molecule has 1 aliphatic carbocycles. The second-order valence-electron chi connectivity index (χ2n) is 4.74. The average molecular weight is 243 g/mol. The van der Waals surface area contributed by atoms with Gasteiger partial charge in [-0.25, -0.2) is 0 Å². The van der Waals surface area contributed by atoms with Gasteiger partial charge in [-0.3, -0.25) is 0 Å².